The number of methoxy groups -OCH3 is 1. The van der Waals surface area contributed by atoms with E-state index in [1.807, 2.05) is 0 Å². The van der Waals surface area contributed by atoms with Gasteiger partial charge in [-0.05, 0) is 48.9 Å². The van der Waals surface area contributed by atoms with Gasteiger partial charge in [0.1, 0.15) is 11.6 Å². The molecule has 0 aliphatic carbocycles. The van der Waals surface area contributed by atoms with Crippen molar-refractivity contribution in [3.8, 4) is 17.0 Å². The van der Waals surface area contributed by atoms with E-state index in [4.69, 9.17) is 9.47 Å². The minimum absolute atomic E-state index is 0.179. The maximum atomic E-state index is 14.0. The lowest BCUT2D eigenvalue weighted by Crippen LogP contribution is -2.41. The molecule has 35 heavy (non-hydrogen) atoms. The molecule has 8 nitrogen and oxygen atoms in total. The van der Waals surface area contributed by atoms with Crippen LogP contribution < -0.4 is 15.4 Å². The standard InChI is InChI=1S/C26H25FN4O4/c1-34-24-9-6-16(10-23(24)30-25(32)14-31-13-19-11-18(31)15-35-19)26(33)29-17-7-8-22(28-12-17)20-4-2-3-5-21(20)27/h2-10,12,18-19H,11,13-15H2,1H3,(H,29,33)(H,30,32)/t18-,19?/m0/s1. The maximum Gasteiger partial charge on any atom is 0.255 e. The summed E-state index contributed by atoms with van der Waals surface area (Å²) in [6.07, 6.45) is 2.64. The van der Waals surface area contributed by atoms with Crippen molar-refractivity contribution in [3.05, 3.63) is 72.2 Å². The molecule has 0 spiro atoms. The number of pyridine rings is 1. The molecule has 2 N–H and O–H groups in total. The number of nitrogens with zero attached hydrogens (tertiary/aromatic N) is 2. The fourth-order valence-corrected chi connectivity index (χ4v) is 4.49. The number of ether oxygens (including phenoxy) is 2. The summed E-state index contributed by atoms with van der Waals surface area (Å²) >= 11 is 0. The molecule has 3 aromatic rings. The van der Waals surface area contributed by atoms with E-state index in [1.54, 1.807) is 48.5 Å². The second-order valence-electron chi connectivity index (χ2n) is 8.60. The molecule has 0 radical (unpaired) electrons. The van der Waals surface area contributed by atoms with Crippen molar-refractivity contribution in [3.63, 3.8) is 0 Å². The fourth-order valence-electron chi connectivity index (χ4n) is 4.49. The SMILES string of the molecule is COc1ccc(C(=O)Nc2ccc(-c3ccccc3F)nc2)cc1NC(=O)CN1CC2C[C@H]1CO2. The van der Waals surface area contributed by atoms with Crippen molar-refractivity contribution in [1.82, 2.24) is 9.88 Å². The highest BCUT2D eigenvalue weighted by Crippen LogP contribution is 2.29. The van der Waals surface area contributed by atoms with E-state index >= 15 is 0 Å². The van der Waals surface area contributed by atoms with E-state index in [-0.39, 0.29) is 36.3 Å². The number of aromatic nitrogens is 1. The van der Waals surface area contributed by atoms with Gasteiger partial charge in [0.25, 0.3) is 5.91 Å². The first-order chi connectivity index (χ1) is 17.0. The number of nitrogens with one attached hydrogen (secondary N) is 2. The number of anilines is 2. The number of carbonyl (C=O) groups excluding carboxylic acids is 2. The monoisotopic (exact) mass is 476 g/mol. The Kier molecular flexibility index (Phi) is 6.43. The minimum Gasteiger partial charge on any atom is -0.495 e. The largest absolute Gasteiger partial charge is 0.495 e. The Bertz CT molecular complexity index is 1250. The molecular weight excluding hydrogens is 451 g/mol. The van der Waals surface area contributed by atoms with E-state index in [2.05, 4.69) is 20.5 Å². The number of rotatable bonds is 7. The van der Waals surface area contributed by atoms with Gasteiger partial charge in [-0.25, -0.2) is 4.39 Å². The van der Waals surface area contributed by atoms with Gasteiger partial charge >= 0.3 is 0 Å². The normalized spacial score (nSPS) is 18.9. The Morgan fingerprint density at radius 3 is 2.71 bits per heavy atom. The molecule has 2 aromatic carbocycles. The van der Waals surface area contributed by atoms with Gasteiger partial charge in [-0.3, -0.25) is 19.5 Å². The lowest BCUT2D eigenvalue weighted by molar-refractivity contribution is -0.118. The van der Waals surface area contributed by atoms with Crippen LogP contribution in [0.1, 0.15) is 16.8 Å². The van der Waals surface area contributed by atoms with Gasteiger partial charge in [0.2, 0.25) is 5.91 Å². The molecule has 3 heterocycles. The number of amides is 2. The van der Waals surface area contributed by atoms with Crippen LogP contribution in [0, 0.1) is 5.82 Å². The van der Waals surface area contributed by atoms with Crippen molar-refractivity contribution in [1.29, 1.82) is 0 Å². The fraction of sp³-hybridized carbons (Fsp3) is 0.269. The molecule has 2 amide bonds. The summed E-state index contributed by atoms with van der Waals surface area (Å²) in [5, 5.41) is 5.64. The molecule has 2 saturated heterocycles. The van der Waals surface area contributed by atoms with Crippen molar-refractivity contribution in [2.75, 3.05) is 37.4 Å². The van der Waals surface area contributed by atoms with Gasteiger partial charge in [-0.2, -0.15) is 0 Å². The average molecular weight is 477 g/mol. The molecule has 2 bridgehead atoms. The zero-order valence-electron chi connectivity index (χ0n) is 19.2. The van der Waals surface area contributed by atoms with Crippen LogP contribution in [0.3, 0.4) is 0 Å². The Balaban J connectivity index is 1.25. The topological polar surface area (TPSA) is 92.8 Å². The smallest absolute Gasteiger partial charge is 0.255 e. The van der Waals surface area contributed by atoms with E-state index < -0.39 is 0 Å². The molecule has 0 saturated carbocycles. The number of fused-ring (bicyclic) bond motifs is 2. The Morgan fingerprint density at radius 1 is 1.17 bits per heavy atom. The van der Waals surface area contributed by atoms with Crippen LogP contribution >= 0.6 is 0 Å². The van der Waals surface area contributed by atoms with Crippen LogP contribution in [0.15, 0.2) is 60.8 Å². The minimum atomic E-state index is -0.377. The first-order valence-corrected chi connectivity index (χ1v) is 11.4. The van der Waals surface area contributed by atoms with Gasteiger partial charge < -0.3 is 20.1 Å². The Labute approximate surface area is 202 Å². The van der Waals surface area contributed by atoms with Gasteiger partial charge in [-0.1, -0.05) is 12.1 Å². The Morgan fingerprint density at radius 2 is 2.03 bits per heavy atom. The van der Waals surface area contributed by atoms with Crippen LogP contribution in [0.4, 0.5) is 15.8 Å². The lowest BCUT2D eigenvalue weighted by Gasteiger charge is -2.26. The molecule has 180 valence electrons. The van der Waals surface area contributed by atoms with E-state index in [1.165, 1.54) is 19.4 Å². The molecule has 1 unspecified atom stereocenters. The van der Waals surface area contributed by atoms with Crippen LogP contribution in [0.25, 0.3) is 11.3 Å². The number of likely N-dealkylation sites (tertiary alicyclic amines) is 1. The number of halogens is 1. The summed E-state index contributed by atoms with van der Waals surface area (Å²) in [7, 11) is 1.50. The zero-order chi connectivity index (χ0) is 24.4. The molecule has 2 fully saturated rings. The zero-order valence-corrected chi connectivity index (χ0v) is 19.2. The molecule has 5 rings (SSSR count). The van der Waals surface area contributed by atoms with Gasteiger partial charge in [0.05, 0.1) is 49.6 Å². The number of carbonyl (C=O) groups is 2. The van der Waals surface area contributed by atoms with Crippen LogP contribution in [0.5, 0.6) is 5.75 Å². The predicted octanol–water partition coefficient (Wildman–Crippen LogP) is 3.56. The molecular formula is C26H25FN4O4. The highest BCUT2D eigenvalue weighted by Gasteiger charge is 2.39. The molecule has 9 heteroatoms. The molecule has 1 aromatic heterocycles. The average Bonchev–Trinajstić information content (AvgIpc) is 3.48. The third kappa shape index (κ3) is 5.01. The quantitative estimate of drug-likeness (QED) is 0.542. The second kappa shape index (κ2) is 9.81. The van der Waals surface area contributed by atoms with E-state index in [0.717, 1.165) is 13.0 Å². The van der Waals surface area contributed by atoms with Crippen molar-refractivity contribution in [2.45, 2.75) is 18.6 Å². The highest BCUT2D eigenvalue weighted by molar-refractivity contribution is 6.06. The highest BCUT2D eigenvalue weighted by atomic mass is 19.1. The predicted molar refractivity (Wildman–Crippen MR) is 129 cm³/mol. The summed E-state index contributed by atoms with van der Waals surface area (Å²) in [6.45, 7) is 1.67. The number of hydrogen-bond acceptors (Lipinski definition) is 6. The molecule has 2 aliphatic rings. The lowest BCUT2D eigenvalue weighted by atomic mass is 10.1. The summed E-state index contributed by atoms with van der Waals surface area (Å²) in [4.78, 5) is 31.9. The molecule has 2 aliphatic heterocycles. The number of hydrogen-bond donors (Lipinski definition) is 2. The number of morpholine rings is 1. The summed E-state index contributed by atoms with van der Waals surface area (Å²) in [5.74, 6) is -0.466. The van der Waals surface area contributed by atoms with Crippen molar-refractivity contribution < 1.29 is 23.5 Å². The van der Waals surface area contributed by atoms with Crippen molar-refractivity contribution >= 4 is 23.2 Å². The van der Waals surface area contributed by atoms with Gasteiger partial charge in [0.15, 0.2) is 0 Å². The summed E-state index contributed by atoms with van der Waals surface area (Å²) in [6, 6.07) is 14.8. The van der Waals surface area contributed by atoms with E-state index in [0.29, 0.717) is 40.6 Å². The first-order valence-electron chi connectivity index (χ1n) is 11.4. The van der Waals surface area contributed by atoms with Gasteiger partial charge in [0, 0.05) is 23.7 Å². The third-order valence-corrected chi connectivity index (χ3v) is 6.27. The Hall–Kier alpha value is -3.82. The third-order valence-electron chi connectivity index (χ3n) is 6.27. The summed E-state index contributed by atoms with van der Waals surface area (Å²) < 4.78 is 24.9. The van der Waals surface area contributed by atoms with Crippen LogP contribution in [-0.2, 0) is 9.53 Å². The summed E-state index contributed by atoms with van der Waals surface area (Å²) in [5.41, 5.74) is 2.07. The second-order valence-corrected chi connectivity index (χ2v) is 8.60. The molecule has 2 atom stereocenters. The first kappa shape index (κ1) is 22.9. The van der Waals surface area contributed by atoms with Crippen LogP contribution in [0.2, 0.25) is 0 Å². The maximum absolute atomic E-state index is 14.0. The van der Waals surface area contributed by atoms with E-state index in [9.17, 15) is 14.0 Å². The van der Waals surface area contributed by atoms with Crippen LogP contribution in [-0.4, -0.2) is 60.7 Å². The van der Waals surface area contributed by atoms with Gasteiger partial charge in [-0.15, -0.1) is 0 Å². The number of benzene rings is 2. The van der Waals surface area contributed by atoms with Crippen molar-refractivity contribution in [2.24, 2.45) is 0 Å².